The first-order valence-electron chi connectivity index (χ1n) is 13.0. The Balaban J connectivity index is 1.50. The summed E-state index contributed by atoms with van der Waals surface area (Å²) in [5.41, 5.74) is 6.53. The lowest BCUT2D eigenvalue weighted by atomic mass is 9.92. The van der Waals surface area contributed by atoms with Crippen molar-refractivity contribution in [2.45, 2.75) is 43.9 Å². The predicted molar refractivity (Wildman–Crippen MR) is 153 cm³/mol. The van der Waals surface area contributed by atoms with Crippen molar-refractivity contribution in [1.29, 1.82) is 0 Å². The van der Waals surface area contributed by atoms with Gasteiger partial charge in [-0.2, -0.15) is 0 Å². The lowest BCUT2D eigenvalue weighted by Crippen LogP contribution is -2.30. The average Bonchev–Trinajstić information content (AvgIpc) is 3.22. The van der Waals surface area contributed by atoms with Gasteiger partial charge < -0.3 is 4.40 Å². The summed E-state index contributed by atoms with van der Waals surface area (Å²) in [4.78, 5) is 4.93. The van der Waals surface area contributed by atoms with Crippen LogP contribution in [0, 0.1) is 0 Å². The molecule has 170 valence electrons. The topological polar surface area (TPSA) is 17.3 Å². The Hall–Kier alpha value is -3.43. The van der Waals surface area contributed by atoms with Gasteiger partial charge in [-0.05, 0) is 70.8 Å². The van der Waals surface area contributed by atoms with Crippen LogP contribution in [0.3, 0.4) is 0 Å². The molecule has 1 aliphatic heterocycles. The molecular weight excluding hydrogens is 440 g/mol. The second kappa shape index (κ2) is 6.83. The zero-order valence-corrected chi connectivity index (χ0v) is 21.3. The van der Waals surface area contributed by atoms with Crippen LogP contribution < -0.4 is 0 Å². The zero-order valence-electron chi connectivity index (χ0n) is 20.3. The van der Waals surface area contributed by atoms with E-state index in [0.717, 1.165) is 5.52 Å². The van der Waals surface area contributed by atoms with Crippen LogP contribution in [0.5, 0.6) is 0 Å². The van der Waals surface area contributed by atoms with Gasteiger partial charge >= 0.3 is 0 Å². The minimum atomic E-state index is -0.961. The van der Waals surface area contributed by atoms with Gasteiger partial charge in [0.2, 0.25) is 0 Å². The van der Waals surface area contributed by atoms with Crippen molar-refractivity contribution in [3.8, 4) is 0 Å². The Morgan fingerprint density at radius 3 is 2.37 bits per heavy atom. The van der Waals surface area contributed by atoms with Gasteiger partial charge in [0.25, 0.3) is 0 Å². The highest BCUT2D eigenvalue weighted by Gasteiger charge is 2.29. The second-order valence-electron chi connectivity index (χ2n) is 11.5. The maximum atomic E-state index is 4.93. The summed E-state index contributed by atoms with van der Waals surface area (Å²) in [6, 6.07) is 30.4. The van der Waals surface area contributed by atoms with E-state index < -0.39 is 8.07 Å². The van der Waals surface area contributed by atoms with Gasteiger partial charge in [0.15, 0.2) is 0 Å². The molecule has 0 atom stereocenters. The van der Waals surface area contributed by atoms with Crippen LogP contribution in [0.15, 0.2) is 79.0 Å². The van der Waals surface area contributed by atoms with E-state index in [1.54, 1.807) is 0 Å². The molecule has 0 bridgehead atoms. The summed E-state index contributed by atoms with van der Waals surface area (Å²) in [5, 5.41) is 9.07. The zero-order chi connectivity index (χ0) is 23.3. The molecule has 4 heterocycles. The average molecular weight is 469 g/mol. The monoisotopic (exact) mass is 468 g/mol. The molecule has 0 N–H and O–H groups in total. The van der Waals surface area contributed by atoms with Crippen molar-refractivity contribution >= 4 is 67.8 Å². The number of hydrogen-bond donors (Lipinski definition) is 0. The van der Waals surface area contributed by atoms with Crippen molar-refractivity contribution in [2.24, 2.45) is 0 Å². The van der Waals surface area contributed by atoms with Crippen LogP contribution in [-0.4, -0.2) is 17.5 Å². The van der Waals surface area contributed by atoms with E-state index in [1.165, 1.54) is 84.7 Å². The Bertz CT molecular complexity index is 1930. The van der Waals surface area contributed by atoms with Crippen molar-refractivity contribution in [3.63, 3.8) is 0 Å². The number of fused-ring (bicyclic) bond motifs is 7. The van der Waals surface area contributed by atoms with E-state index >= 15 is 0 Å². The highest BCUT2D eigenvalue weighted by molar-refractivity contribution is 6.77. The second-order valence-corrected chi connectivity index (χ2v) is 16.8. The lowest BCUT2D eigenvalue weighted by molar-refractivity contribution is 0.602. The van der Waals surface area contributed by atoms with Crippen LogP contribution in [0.1, 0.15) is 24.3 Å². The fraction of sp³-hybridized carbons (Fsp3) is 0.219. The molecule has 0 radical (unpaired) electrons. The summed E-state index contributed by atoms with van der Waals surface area (Å²) >= 11 is 0. The number of rotatable bonds is 1. The molecule has 0 amide bonds. The molecular formula is C32H28N2Si. The van der Waals surface area contributed by atoms with Crippen LogP contribution in [-0.2, 0) is 0 Å². The molecule has 7 aromatic rings. The van der Waals surface area contributed by atoms with Crippen LogP contribution in [0.4, 0.5) is 0 Å². The summed E-state index contributed by atoms with van der Waals surface area (Å²) in [5.74, 6) is 0.706. The normalized spacial score (nSPS) is 17.1. The Kier molecular flexibility index (Phi) is 3.87. The van der Waals surface area contributed by atoms with E-state index in [9.17, 15) is 0 Å². The quantitative estimate of drug-likeness (QED) is 0.133. The largest absolute Gasteiger partial charge is 0.308 e. The van der Waals surface area contributed by atoms with E-state index in [-0.39, 0.29) is 0 Å². The van der Waals surface area contributed by atoms with Gasteiger partial charge in [-0.25, -0.2) is 0 Å². The molecule has 0 aliphatic carbocycles. The number of aromatic nitrogens is 2. The molecule has 0 unspecified atom stereocenters. The minimum Gasteiger partial charge on any atom is -0.308 e. The predicted octanol–water partition coefficient (Wildman–Crippen LogP) is 9.12. The number of nitrogens with zero attached hydrogens (tertiary/aromatic N) is 2. The SMILES string of the molecule is C[Si]1(C)CCC(c2ccc3c(c2)c2ccc4ccnc5c6cc7ccccc7cc6n3c2c45)CC1. The molecule has 1 saturated heterocycles. The van der Waals surface area contributed by atoms with Crippen molar-refractivity contribution < 1.29 is 0 Å². The molecule has 3 aromatic heterocycles. The van der Waals surface area contributed by atoms with Gasteiger partial charge in [0, 0.05) is 35.8 Å². The van der Waals surface area contributed by atoms with E-state index in [0.29, 0.717) is 5.92 Å². The first-order valence-corrected chi connectivity index (χ1v) is 16.4. The number of pyridine rings is 2. The highest BCUT2D eigenvalue weighted by Crippen LogP contribution is 2.44. The third-order valence-corrected chi connectivity index (χ3v) is 12.1. The Morgan fingerprint density at radius 1 is 0.743 bits per heavy atom. The molecule has 8 rings (SSSR count). The van der Waals surface area contributed by atoms with Gasteiger partial charge in [0.05, 0.1) is 22.1 Å². The maximum Gasteiger partial charge on any atom is 0.0822 e. The lowest BCUT2D eigenvalue weighted by Gasteiger charge is -2.33. The maximum absolute atomic E-state index is 4.93. The molecule has 1 aliphatic rings. The summed E-state index contributed by atoms with van der Waals surface area (Å²) < 4.78 is 2.52. The smallest absolute Gasteiger partial charge is 0.0822 e. The molecule has 0 saturated carbocycles. The molecule has 3 heteroatoms. The molecule has 2 nitrogen and oxygen atoms in total. The van der Waals surface area contributed by atoms with Crippen molar-refractivity contribution in [3.05, 3.63) is 84.6 Å². The van der Waals surface area contributed by atoms with Gasteiger partial charge in [-0.15, -0.1) is 0 Å². The Morgan fingerprint density at radius 2 is 1.54 bits per heavy atom. The third kappa shape index (κ3) is 2.73. The fourth-order valence-electron chi connectivity index (χ4n) is 6.83. The van der Waals surface area contributed by atoms with Gasteiger partial charge in [-0.3, -0.25) is 4.98 Å². The summed E-state index contributed by atoms with van der Waals surface area (Å²) in [7, 11) is -0.961. The number of benzene rings is 4. The standard InChI is InChI=1S/C32H28N2Si/c1-35(2)15-12-20(13-16-35)24-8-10-28-26(17-24)25-9-7-21-11-14-33-31-27-18-22-5-3-4-6-23(22)19-29(27)34(28)32(25)30(21)31/h3-11,14,17-20H,12-13,15-16H2,1-2H3. The summed E-state index contributed by atoms with van der Waals surface area (Å²) in [6.07, 6.45) is 4.68. The number of hydrogen-bond acceptors (Lipinski definition) is 1. The van der Waals surface area contributed by atoms with Gasteiger partial charge in [-0.1, -0.05) is 67.6 Å². The van der Waals surface area contributed by atoms with E-state index in [2.05, 4.69) is 90.3 Å². The summed E-state index contributed by atoms with van der Waals surface area (Å²) in [6.45, 7) is 5.13. The minimum absolute atomic E-state index is 0.706. The first kappa shape index (κ1) is 19.8. The van der Waals surface area contributed by atoms with Crippen LogP contribution in [0.25, 0.3) is 59.8 Å². The Labute approximate surface area is 205 Å². The van der Waals surface area contributed by atoms with Gasteiger partial charge in [0.1, 0.15) is 0 Å². The van der Waals surface area contributed by atoms with Crippen LogP contribution in [0.2, 0.25) is 25.2 Å². The molecule has 35 heavy (non-hydrogen) atoms. The van der Waals surface area contributed by atoms with Crippen molar-refractivity contribution in [2.75, 3.05) is 0 Å². The molecule has 1 fully saturated rings. The molecule has 4 aromatic carbocycles. The van der Waals surface area contributed by atoms with Crippen LogP contribution >= 0.6 is 0 Å². The van der Waals surface area contributed by atoms with Crippen molar-refractivity contribution in [1.82, 2.24) is 9.38 Å². The highest BCUT2D eigenvalue weighted by atomic mass is 28.3. The third-order valence-electron chi connectivity index (χ3n) is 8.85. The first-order chi connectivity index (χ1) is 17.1. The molecule has 0 spiro atoms. The fourth-order valence-corrected chi connectivity index (χ4v) is 9.34. The van der Waals surface area contributed by atoms with E-state index in [4.69, 9.17) is 4.98 Å². The van der Waals surface area contributed by atoms with E-state index in [1.807, 2.05) is 6.20 Å².